The van der Waals surface area contributed by atoms with E-state index in [1.807, 2.05) is 11.3 Å². The molecule has 3 unspecified atom stereocenters. The van der Waals surface area contributed by atoms with E-state index in [4.69, 9.17) is 0 Å². The van der Waals surface area contributed by atoms with E-state index in [1.54, 1.807) is 0 Å². The highest BCUT2D eigenvalue weighted by Crippen LogP contribution is 2.49. The maximum absolute atomic E-state index is 10.8. The third-order valence-electron chi connectivity index (χ3n) is 6.19. The van der Waals surface area contributed by atoms with Crippen LogP contribution in [0.2, 0.25) is 0 Å². The topological polar surface area (TPSA) is 42.2 Å². The Labute approximate surface area is 137 Å². The number of rotatable bonds is 6. The van der Waals surface area contributed by atoms with Crippen molar-refractivity contribution >= 4 is 11.3 Å². The summed E-state index contributed by atoms with van der Waals surface area (Å²) in [4.78, 5) is 1.39. The van der Waals surface area contributed by atoms with Crippen molar-refractivity contribution in [1.29, 1.82) is 0 Å². The van der Waals surface area contributed by atoms with Crippen molar-refractivity contribution in [2.45, 2.75) is 62.5 Å². The zero-order valence-electron chi connectivity index (χ0n) is 13.2. The van der Waals surface area contributed by atoms with Crippen LogP contribution >= 0.6 is 11.3 Å². The zero-order valence-corrected chi connectivity index (χ0v) is 14.0. The predicted molar refractivity (Wildman–Crippen MR) is 92.2 cm³/mol. The van der Waals surface area contributed by atoms with Gasteiger partial charge in [-0.2, -0.15) is 0 Å². The van der Waals surface area contributed by atoms with Gasteiger partial charge in [0.25, 0.3) is 0 Å². The number of aliphatic hydroxyl groups excluding tert-OH is 1. The summed E-state index contributed by atoms with van der Waals surface area (Å²) in [5.74, 6) is 1.65. The van der Waals surface area contributed by atoms with Gasteiger partial charge in [-0.15, -0.1) is 11.3 Å². The fraction of sp³-hybridized carbons (Fsp3) is 0.684. The summed E-state index contributed by atoms with van der Waals surface area (Å²) in [5, 5.41) is 16.4. The van der Waals surface area contributed by atoms with Gasteiger partial charge in [-0.25, -0.2) is 0 Å². The van der Waals surface area contributed by atoms with Crippen LogP contribution in [-0.4, -0.2) is 23.8 Å². The van der Waals surface area contributed by atoms with Gasteiger partial charge in [0.15, 0.2) is 0 Å². The molecular weight excluding hydrogens is 290 g/mol. The maximum Gasteiger partial charge on any atom is 0.0679 e. The summed E-state index contributed by atoms with van der Waals surface area (Å²) >= 11 is 1.81. The van der Waals surface area contributed by atoms with E-state index in [1.165, 1.54) is 37.1 Å². The van der Waals surface area contributed by atoms with E-state index < -0.39 is 0 Å². The van der Waals surface area contributed by atoms with Gasteiger partial charge in [0.1, 0.15) is 0 Å². The summed E-state index contributed by atoms with van der Waals surface area (Å²) < 4.78 is 0. The first-order valence-corrected chi connectivity index (χ1v) is 9.78. The number of aliphatic hydroxyl groups is 1. The minimum atomic E-state index is -0.210. The van der Waals surface area contributed by atoms with Crippen LogP contribution in [0.5, 0.6) is 0 Å². The molecule has 1 aliphatic heterocycles. The second kappa shape index (κ2) is 6.10. The first kappa shape index (κ1) is 14.9. The Morgan fingerprint density at radius 3 is 2.91 bits per heavy atom. The fourth-order valence-corrected chi connectivity index (χ4v) is 5.52. The van der Waals surface area contributed by atoms with Crippen molar-refractivity contribution in [3.05, 3.63) is 34.5 Å². The van der Waals surface area contributed by atoms with Gasteiger partial charge in [0.05, 0.1) is 6.10 Å². The molecule has 22 heavy (non-hydrogen) atoms. The lowest BCUT2D eigenvalue weighted by molar-refractivity contribution is 0.0328. The molecule has 2 N–H and O–H groups in total. The Morgan fingerprint density at radius 1 is 1.41 bits per heavy atom. The average Bonchev–Trinajstić information content (AvgIpc) is 2.98. The van der Waals surface area contributed by atoms with E-state index in [0.717, 1.165) is 37.1 Å². The Morgan fingerprint density at radius 2 is 2.27 bits per heavy atom. The van der Waals surface area contributed by atoms with Crippen molar-refractivity contribution in [2.75, 3.05) is 6.54 Å². The summed E-state index contributed by atoms with van der Waals surface area (Å²) in [6.07, 6.45) is 12.9. The molecule has 2 heterocycles. The van der Waals surface area contributed by atoms with Crippen molar-refractivity contribution in [2.24, 2.45) is 11.8 Å². The molecule has 3 aliphatic rings. The molecule has 3 heteroatoms. The van der Waals surface area contributed by atoms with Gasteiger partial charge < -0.3 is 10.4 Å². The molecule has 0 radical (unpaired) electrons. The number of hydrogen-bond donors (Lipinski definition) is 2. The number of nitrogens with one attached hydrogen (secondary N) is 1. The van der Waals surface area contributed by atoms with Crippen LogP contribution in [0, 0.1) is 11.8 Å². The van der Waals surface area contributed by atoms with E-state index in [0.29, 0.717) is 0 Å². The molecule has 1 aromatic heterocycles. The highest BCUT2D eigenvalue weighted by Gasteiger charge is 2.45. The molecule has 0 amide bonds. The van der Waals surface area contributed by atoms with Crippen LogP contribution in [-0.2, 0) is 5.41 Å². The molecule has 2 saturated carbocycles. The van der Waals surface area contributed by atoms with Gasteiger partial charge in [0, 0.05) is 22.9 Å². The Kier molecular flexibility index (Phi) is 4.14. The van der Waals surface area contributed by atoms with Crippen LogP contribution in [0.4, 0.5) is 0 Å². The molecule has 0 spiro atoms. The molecule has 4 rings (SSSR count). The Hall–Kier alpha value is -0.640. The first-order chi connectivity index (χ1) is 10.8. The summed E-state index contributed by atoms with van der Waals surface area (Å²) in [6.45, 7) is 1.24. The predicted octanol–water partition coefficient (Wildman–Crippen LogP) is 3.87. The smallest absolute Gasteiger partial charge is 0.0679 e. The van der Waals surface area contributed by atoms with Gasteiger partial charge in [-0.05, 0) is 61.8 Å². The molecule has 0 aromatic carbocycles. The second-order valence-corrected chi connectivity index (χ2v) is 8.46. The molecule has 2 aliphatic carbocycles. The highest BCUT2D eigenvalue weighted by atomic mass is 32.1. The lowest BCUT2D eigenvalue weighted by atomic mass is 9.63. The van der Waals surface area contributed by atoms with Crippen molar-refractivity contribution in [3.63, 3.8) is 0 Å². The standard InChI is InChI=1S/C19H27NOS/c21-17(19(9-3-10-19)18-6-2-11-22-18)5-1-4-14-7-8-15(12-14)16-13-20-16/h1-2,4,6,11,14-17,20-21H,3,5,7-10,12-13H2/b4-1+/t14-,15?,16?,17?/m0/s1. The Bertz CT molecular complexity index is 516. The summed E-state index contributed by atoms with van der Waals surface area (Å²) in [5.41, 5.74) is 0.0641. The van der Waals surface area contributed by atoms with Gasteiger partial charge in [-0.1, -0.05) is 24.6 Å². The molecule has 0 bridgehead atoms. The molecule has 1 saturated heterocycles. The first-order valence-electron chi connectivity index (χ1n) is 8.90. The largest absolute Gasteiger partial charge is 0.392 e. The summed E-state index contributed by atoms with van der Waals surface area (Å²) in [6, 6.07) is 5.15. The molecule has 2 nitrogen and oxygen atoms in total. The number of hydrogen-bond acceptors (Lipinski definition) is 3. The van der Waals surface area contributed by atoms with Crippen LogP contribution < -0.4 is 5.32 Å². The minimum Gasteiger partial charge on any atom is -0.392 e. The number of thiophene rings is 1. The van der Waals surface area contributed by atoms with E-state index >= 15 is 0 Å². The van der Waals surface area contributed by atoms with Crippen LogP contribution in [0.15, 0.2) is 29.7 Å². The maximum atomic E-state index is 10.8. The van der Waals surface area contributed by atoms with Gasteiger partial charge in [-0.3, -0.25) is 0 Å². The SMILES string of the molecule is OC(C/C=C/[C@H]1CCC(C2CN2)C1)C1(c2cccs2)CCC1. The van der Waals surface area contributed by atoms with E-state index in [2.05, 4.69) is 35.0 Å². The van der Waals surface area contributed by atoms with Crippen LogP contribution in [0.3, 0.4) is 0 Å². The lowest BCUT2D eigenvalue weighted by Gasteiger charge is -2.44. The summed E-state index contributed by atoms with van der Waals surface area (Å²) in [7, 11) is 0. The van der Waals surface area contributed by atoms with E-state index in [-0.39, 0.29) is 11.5 Å². The normalized spacial score (nSPS) is 34.7. The number of allylic oxidation sites excluding steroid dienone is 1. The second-order valence-electron chi connectivity index (χ2n) is 7.51. The van der Waals surface area contributed by atoms with Crippen molar-refractivity contribution < 1.29 is 5.11 Å². The van der Waals surface area contributed by atoms with Crippen molar-refractivity contribution in [1.82, 2.24) is 5.32 Å². The highest BCUT2D eigenvalue weighted by molar-refractivity contribution is 7.10. The minimum absolute atomic E-state index is 0.0641. The molecular formula is C19H27NOS. The van der Waals surface area contributed by atoms with Crippen molar-refractivity contribution in [3.8, 4) is 0 Å². The lowest BCUT2D eigenvalue weighted by Crippen LogP contribution is -2.44. The molecule has 4 atom stereocenters. The van der Waals surface area contributed by atoms with Gasteiger partial charge in [0.2, 0.25) is 0 Å². The fourth-order valence-electron chi connectivity index (χ4n) is 4.48. The quantitative estimate of drug-likeness (QED) is 0.618. The third kappa shape index (κ3) is 2.79. The average molecular weight is 317 g/mol. The Balaban J connectivity index is 1.32. The molecule has 120 valence electrons. The zero-order chi connectivity index (χ0) is 15.0. The van der Waals surface area contributed by atoms with Crippen LogP contribution in [0.25, 0.3) is 0 Å². The van der Waals surface area contributed by atoms with Crippen LogP contribution in [0.1, 0.15) is 49.8 Å². The molecule has 1 aromatic rings. The third-order valence-corrected chi connectivity index (χ3v) is 7.28. The monoisotopic (exact) mass is 317 g/mol. The van der Waals surface area contributed by atoms with Gasteiger partial charge >= 0.3 is 0 Å². The molecule has 3 fully saturated rings. The van der Waals surface area contributed by atoms with E-state index in [9.17, 15) is 5.11 Å².